The summed E-state index contributed by atoms with van der Waals surface area (Å²) in [6.07, 6.45) is 0. The molecule has 0 saturated carbocycles. The molecule has 90 valence electrons. The highest BCUT2D eigenvalue weighted by Gasteiger charge is 2.09. The largest absolute Gasteiger partial charge is 0.388 e. The molecule has 1 rings (SSSR count). The van der Waals surface area contributed by atoms with E-state index in [1.54, 1.807) is 36.4 Å². The summed E-state index contributed by atoms with van der Waals surface area (Å²) in [5.74, 6) is 0. The molecule has 0 aliphatic heterocycles. The van der Waals surface area contributed by atoms with Crippen molar-refractivity contribution in [2.24, 2.45) is 5.73 Å². The molecule has 0 spiro atoms. The fourth-order valence-corrected chi connectivity index (χ4v) is 1.22. The van der Waals surface area contributed by atoms with Crippen molar-refractivity contribution in [2.75, 3.05) is 5.32 Å². The Balaban J connectivity index is 2.78. The third kappa shape index (κ3) is 3.41. The van der Waals surface area contributed by atoms with Gasteiger partial charge in [-0.3, -0.25) is 5.32 Å². The Morgan fingerprint density at radius 2 is 1.94 bits per heavy atom. The molecule has 0 aromatic heterocycles. The van der Waals surface area contributed by atoms with Gasteiger partial charge in [0.1, 0.15) is 17.8 Å². The monoisotopic (exact) mass is 261 g/mol. The van der Waals surface area contributed by atoms with E-state index in [9.17, 15) is 4.79 Å². The first-order valence-corrected chi connectivity index (χ1v) is 5.08. The third-order valence-electron chi connectivity index (χ3n) is 1.86. The fourth-order valence-electron chi connectivity index (χ4n) is 1.04. The van der Waals surface area contributed by atoms with E-state index in [1.165, 1.54) is 0 Å². The van der Waals surface area contributed by atoms with Crippen LogP contribution in [-0.4, -0.2) is 6.03 Å². The molecule has 0 radical (unpaired) electrons. The van der Waals surface area contributed by atoms with Crippen molar-refractivity contribution in [3.63, 3.8) is 0 Å². The second-order valence-corrected chi connectivity index (χ2v) is 3.48. The highest BCUT2D eigenvalue weighted by molar-refractivity contribution is 6.33. The van der Waals surface area contributed by atoms with Crippen LogP contribution in [0.2, 0.25) is 5.02 Å². The number of hydrogen-bond acceptors (Lipinski definition) is 4. The van der Waals surface area contributed by atoms with Crippen LogP contribution in [0.3, 0.4) is 0 Å². The molecule has 0 atom stereocenters. The zero-order valence-electron chi connectivity index (χ0n) is 9.07. The van der Waals surface area contributed by atoms with Crippen LogP contribution in [0.25, 0.3) is 0 Å². The van der Waals surface area contributed by atoms with Gasteiger partial charge in [0.25, 0.3) is 0 Å². The number of rotatable bonds is 2. The molecule has 6 nitrogen and oxygen atoms in total. The minimum atomic E-state index is -0.710. The zero-order chi connectivity index (χ0) is 13.5. The minimum Gasteiger partial charge on any atom is -0.388 e. The number of carbonyl (C=O) groups is 1. The van der Waals surface area contributed by atoms with Crippen LogP contribution < -0.4 is 16.4 Å². The van der Waals surface area contributed by atoms with Crippen molar-refractivity contribution < 1.29 is 4.79 Å². The summed E-state index contributed by atoms with van der Waals surface area (Å²) in [5, 5.41) is 22.1. The van der Waals surface area contributed by atoms with Gasteiger partial charge < -0.3 is 11.1 Å². The van der Waals surface area contributed by atoms with E-state index in [0.717, 1.165) is 0 Å². The van der Waals surface area contributed by atoms with Gasteiger partial charge in [0.15, 0.2) is 5.70 Å². The number of nitriles is 2. The van der Waals surface area contributed by atoms with Crippen molar-refractivity contribution >= 4 is 23.3 Å². The van der Waals surface area contributed by atoms with Gasteiger partial charge in [-0.15, -0.1) is 0 Å². The summed E-state index contributed by atoms with van der Waals surface area (Å²) < 4.78 is 0. The molecule has 0 aliphatic rings. The SMILES string of the molecule is N#CC(N)=C(C#N)NC(=O)Nc1ccccc1Cl. The van der Waals surface area contributed by atoms with E-state index in [0.29, 0.717) is 10.7 Å². The second-order valence-electron chi connectivity index (χ2n) is 3.07. The van der Waals surface area contributed by atoms with Gasteiger partial charge in [0.2, 0.25) is 0 Å². The van der Waals surface area contributed by atoms with Crippen LogP contribution in [0.4, 0.5) is 10.5 Å². The summed E-state index contributed by atoms with van der Waals surface area (Å²) in [5.41, 5.74) is 4.92. The first kappa shape index (κ1) is 13.4. The predicted octanol–water partition coefficient (Wildman–Crippen LogP) is 1.68. The van der Waals surface area contributed by atoms with Gasteiger partial charge in [0.05, 0.1) is 10.7 Å². The molecule has 1 aromatic rings. The lowest BCUT2D eigenvalue weighted by Crippen LogP contribution is -2.29. The van der Waals surface area contributed by atoms with Crippen LogP contribution >= 0.6 is 11.6 Å². The van der Waals surface area contributed by atoms with E-state index < -0.39 is 6.03 Å². The van der Waals surface area contributed by atoms with E-state index in [4.69, 9.17) is 27.9 Å². The number of nitrogens with one attached hydrogen (secondary N) is 2. The van der Waals surface area contributed by atoms with Crippen molar-refractivity contribution in [2.45, 2.75) is 0 Å². The van der Waals surface area contributed by atoms with Crippen molar-refractivity contribution in [1.29, 1.82) is 10.5 Å². The van der Waals surface area contributed by atoms with Crippen LogP contribution in [0.1, 0.15) is 0 Å². The molecule has 18 heavy (non-hydrogen) atoms. The van der Waals surface area contributed by atoms with Crippen LogP contribution in [0.15, 0.2) is 35.7 Å². The number of halogens is 1. The number of amides is 2. The Hall–Kier alpha value is -2.70. The van der Waals surface area contributed by atoms with E-state index >= 15 is 0 Å². The van der Waals surface area contributed by atoms with Gasteiger partial charge in [-0.1, -0.05) is 23.7 Å². The van der Waals surface area contributed by atoms with Gasteiger partial charge >= 0.3 is 6.03 Å². The average Bonchev–Trinajstić information content (AvgIpc) is 2.37. The minimum absolute atomic E-state index is 0.318. The molecule has 0 saturated heterocycles. The highest BCUT2D eigenvalue weighted by Crippen LogP contribution is 2.20. The molecule has 0 unspecified atom stereocenters. The molecule has 0 bridgehead atoms. The molecule has 0 fully saturated rings. The second kappa shape index (κ2) is 6.14. The topological polar surface area (TPSA) is 115 Å². The zero-order valence-corrected chi connectivity index (χ0v) is 9.82. The highest BCUT2D eigenvalue weighted by atomic mass is 35.5. The molecule has 2 amide bonds. The summed E-state index contributed by atoms with van der Waals surface area (Å²) in [4.78, 5) is 11.5. The van der Waals surface area contributed by atoms with Crippen molar-refractivity contribution in [3.8, 4) is 12.1 Å². The van der Waals surface area contributed by atoms with E-state index in [2.05, 4.69) is 10.6 Å². The number of allylic oxidation sites excluding steroid dienone is 2. The first-order valence-electron chi connectivity index (χ1n) is 4.71. The number of hydrogen-bond donors (Lipinski definition) is 3. The van der Waals surface area contributed by atoms with Gasteiger partial charge in [-0.25, -0.2) is 4.79 Å². The third-order valence-corrected chi connectivity index (χ3v) is 2.19. The first-order chi connectivity index (χ1) is 8.58. The number of nitrogens with zero attached hydrogens (tertiary/aromatic N) is 2. The van der Waals surface area contributed by atoms with Crippen LogP contribution in [0.5, 0.6) is 0 Å². The molecule has 7 heteroatoms. The maximum atomic E-state index is 11.5. The predicted molar refractivity (Wildman–Crippen MR) is 66.0 cm³/mol. The average molecular weight is 262 g/mol. The number of benzene rings is 1. The maximum Gasteiger partial charge on any atom is 0.324 e. The number of urea groups is 1. The number of anilines is 1. The number of nitrogens with two attached hydrogens (primary N) is 1. The lowest BCUT2D eigenvalue weighted by molar-refractivity contribution is 0.254. The van der Waals surface area contributed by atoms with Gasteiger partial charge in [-0.05, 0) is 12.1 Å². The maximum absolute atomic E-state index is 11.5. The lowest BCUT2D eigenvalue weighted by Gasteiger charge is -2.07. The van der Waals surface area contributed by atoms with E-state index in [-0.39, 0.29) is 11.4 Å². The smallest absolute Gasteiger partial charge is 0.324 e. The number of para-hydroxylation sites is 1. The Labute approximate surface area is 108 Å². The quantitative estimate of drug-likeness (QED) is 0.703. The molecule has 1 aromatic carbocycles. The summed E-state index contributed by atoms with van der Waals surface area (Å²) in [6, 6.07) is 9.05. The Kier molecular flexibility index (Phi) is 4.56. The normalized spacial score (nSPS) is 10.6. The van der Waals surface area contributed by atoms with E-state index in [1.807, 2.05) is 0 Å². The van der Waals surface area contributed by atoms with Crippen LogP contribution in [-0.2, 0) is 0 Å². The molecule has 0 aliphatic carbocycles. The Morgan fingerprint density at radius 1 is 1.28 bits per heavy atom. The lowest BCUT2D eigenvalue weighted by atomic mass is 10.3. The molecule has 0 heterocycles. The molecule has 4 N–H and O–H groups in total. The molecular formula is C11H8ClN5O. The standard InChI is InChI=1S/C11H8ClN5O/c12-7-3-1-2-4-9(7)16-11(18)17-10(6-14)8(15)5-13/h1-4H,15H2,(H2,16,17,18). The fraction of sp³-hybridized carbons (Fsp3) is 0. The molecular weight excluding hydrogens is 254 g/mol. The van der Waals surface area contributed by atoms with Crippen molar-refractivity contribution in [3.05, 3.63) is 40.7 Å². The van der Waals surface area contributed by atoms with Crippen molar-refractivity contribution in [1.82, 2.24) is 5.32 Å². The van der Waals surface area contributed by atoms with Gasteiger partial charge in [0, 0.05) is 0 Å². The Bertz CT molecular complexity index is 582. The summed E-state index contributed by atoms with van der Waals surface area (Å²) in [7, 11) is 0. The number of carbonyl (C=O) groups excluding carboxylic acids is 1. The Morgan fingerprint density at radius 3 is 2.50 bits per heavy atom. The van der Waals surface area contributed by atoms with Crippen LogP contribution in [0, 0.1) is 22.7 Å². The van der Waals surface area contributed by atoms with Gasteiger partial charge in [-0.2, -0.15) is 10.5 Å². The summed E-state index contributed by atoms with van der Waals surface area (Å²) in [6.45, 7) is 0. The summed E-state index contributed by atoms with van der Waals surface area (Å²) >= 11 is 5.83.